The average molecular weight is 303 g/mol. The van der Waals surface area contributed by atoms with Gasteiger partial charge in [-0.25, -0.2) is 0 Å². The van der Waals surface area contributed by atoms with Crippen LogP contribution < -0.4 is 10.7 Å². The van der Waals surface area contributed by atoms with Crippen LogP contribution in [0.1, 0.15) is 36.7 Å². The van der Waals surface area contributed by atoms with Crippen LogP contribution in [0.3, 0.4) is 0 Å². The lowest BCUT2D eigenvalue weighted by atomic mass is 10.1. The first-order chi connectivity index (χ1) is 10.6. The molecule has 1 fully saturated rings. The highest BCUT2D eigenvalue weighted by atomic mass is 16.5. The van der Waals surface area contributed by atoms with Crippen molar-refractivity contribution in [3.63, 3.8) is 0 Å². The summed E-state index contributed by atoms with van der Waals surface area (Å²) in [7, 11) is 1.48. The summed E-state index contributed by atoms with van der Waals surface area (Å²) >= 11 is 0. The Kier molecular flexibility index (Phi) is 5.72. The highest BCUT2D eigenvalue weighted by molar-refractivity contribution is 5.92. The van der Waals surface area contributed by atoms with Crippen molar-refractivity contribution in [2.45, 2.75) is 32.3 Å². The van der Waals surface area contributed by atoms with Crippen LogP contribution in [0.5, 0.6) is 0 Å². The van der Waals surface area contributed by atoms with Gasteiger partial charge in [0, 0.05) is 19.7 Å². The first kappa shape index (κ1) is 16.2. The third kappa shape index (κ3) is 4.18. The Morgan fingerprint density at radius 2 is 2.05 bits per heavy atom. The molecule has 5 nitrogen and oxygen atoms in total. The van der Waals surface area contributed by atoms with E-state index in [1.54, 1.807) is 24.3 Å². The predicted octanol–water partition coefficient (Wildman–Crippen LogP) is 2.73. The van der Waals surface area contributed by atoms with Gasteiger partial charge in [-0.15, -0.1) is 0 Å². The van der Waals surface area contributed by atoms with Crippen molar-refractivity contribution < 1.29 is 13.9 Å². The van der Waals surface area contributed by atoms with Crippen molar-refractivity contribution >= 4 is 16.9 Å². The zero-order chi connectivity index (χ0) is 15.9. The van der Waals surface area contributed by atoms with Crippen molar-refractivity contribution in [2.75, 3.05) is 13.7 Å². The molecule has 0 bridgehead atoms. The van der Waals surface area contributed by atoms with Crippen LogP contribution in [-0.2, 0) is 4.74 Å². The zero-order valence-electron chi connectivity index (χ0n) is 12.9. The Morgan fingerprint density at radius 1 is 1.27 bits per heavy atom. The van der Waals surface area contributed by atoms with Crippen LogP contribution >= 0.6 is 0 Å². The summed E-state index contributed by atoms with van der Waals surface area (Å²) in [5, 5.41) is 2.88. The number of hydrogen-bond donors (Lipinski definition) is 1. The molecule has 2 heterocycles. The highest BCUT2D eigenvalue weighted by Gasteiger charge is 2.09. The highest BCUT2D eigenvalue weighted by Crippen LogP contribution is 2.11. The van der Waals surface area contributed by atoms with Gasteiger partial charge in [0.15, 0.2) is 11.2 Å². The monoisotopic (exact) mass is 303 g/mol. The van der Waals surface area contributed by atoms with Crippen LogP contribution in [0, 0.1) is 0 Å². The third-order valence-electron chi connectivity index (χ3n) is 3.49. The van der Waals surface area contributed by atoms with Gasteiger partial charge in [-0.1, -0.05) is 12.1 Å². The van der Waals surface area contributed by atoms with E-state index in [-0.39, 0.29) is 11.2 Å². The second-order valence-electron chi connectivity index (χ2n) is 5.23. The van der Waals surface area contributed by atoms with Crippen LogP contribution in [0.15, 0.2) is 39.5 Å². The maximum Gasteiger partial charge on any atom is 0.286 e. The fourth-order valence-electron chi connectivity index (χ4n) is 2.24. The minimum absolute atomic E-state index is 0.0289. The Hall–Kier alpha value is -2.14. The number of ether oxygens (including phenoxy) is 1. The van der Waals surface area contributed by atoms with Crippen LogP contribution in [0.25, 0.3) is 11.0 Å². The molecule has 1 N–H and O–H groups in total. The van der Waals surface area contributed by atoms with Crippen LogP contribution in [0.4, 0.5) is 0 Å². The van der Waals surface area contributed by atoms with Crippen molar-refractivity contribution in [2.24, 2.45) is 0 Å². The van der Waals surface area contributed by atoms with Gasteiger partial charge in [0.2, 0.25) is 0 Å². The molecule has 1 unspecified atom stereocenters. The standard InChI is InChI=1S/C11H9NO3.C6H12O/c1-12-11(14)10-6-8(13)7-4-2-3-5-9(7)15-10;1-6-4-2-3-5-7-6/h2-6H,1H3,(H,12,14);6H,2-5H2,1H3. The smallest absolute Gasteiger partial charge is 0.286 e. The van der Waals surface area contributed by atoms with E-state index in [0.717, 1.165) is 6.61 Å². The molecule has 5 heteroatoms. The second kappa shape index (κ2) is 7.75. The minimum Gasteiger partial charge on any atom is -0.451 e. The lowest BCUT2D eigenvalue weighted by Crippen LogP contribution is -2.19. The third-order valence-corrected chi connectivity index (χ3v) is 3.49. The summed E-state index contributed by atoms with van der Waals surface area (Å²) in [6.07, 6.45) is 4.43. The van der Waals surface area contributed by atoms with Crippen molar-refractivity contribution in [1.82, 2.24) is 5.32 Å². The van der Waals surface area contributed by atoms with Gasteiger partial charge in [-0.2, -0.15) is 0 Å². The quantitative estimate of drug-likeness (QED) is 0.879. The number of fused-ring (bicyclic) bond motifs is 1. The fourth-order valence-corrected chi connectivity index (χ4v) is 2.24. The Morgan fingerprint density at radius 3 is 2.64 bits per heavy atom. The molecule has 0 radical (unpaired) electrons. The molecule has 0 saturated carbocycles. The predicted molar refractivity (Wildman–Crippen MR) is 85.1 cm³/mol. The number of hydrogen-bond acceptors (Lipinski definition) is 4. The van der Waals surface area contributed by atoms with E-state index in [2.05, 4.69) is 12.2 Å². The molecule has 2 aromatic rings. The number of benzene rings is 1. The van der Waals surface area contributed by atoms with E-state index in [0.29, 0.717) is 17.1 Å². The number of para-hydroxylation sites is 1. The number of carbonyl (C=O) groups excluding carboxylic acids is 1. The van der Waals surface area contributed by atoms with Gasteiger partial charge in [0.25, 0.3) is 5.91 Å². The Labute approximate surface area is 129 Å². The molecule has 118 valence electrons. The van der Waals surface area contributed by atoms with Gasteiger partial charge in [0.05, 0.1) is 11.5 Å². The first-order valence-corrected chi connectivity index (χ1v) is 7.48. The van der Waals surface area contributed by atoms with Crippen LogP contribution in [0.2, 0.25) is 0 Å². The molecular weight excluding hydrogens is 282 g/mol. The summed E-state index contributed by atoms with van der Waals surface area (Å²) in [5.41, 5.74) is 0.207. The normalized spacial score (nSPS) is 17.5. The van der Waals surface area contributed by atoms with E-state index >= 15 is 0 Å². The molecule has 1 saturated heterocycles. The number of nitrogens with one attached hydrogen (secondary N) is 1. The molecule has 1 atom stereocenters. The average Bonchev–Trinajstić information content (AvgIpc) is 2.55. The molecule has 3 rings (SSSR count). The molecule has 0 spiro atoms. The summed E-state index contributed by atoms with van der Waals surface area (Å²) in [6, 6.07) is 8.01. The fraction of sp³-hybridized carbons (Fsp3) is 0.412. The van der Waals surface area contributed by atoms with Crippen molar-refractivity contribution in [3.8, 4) is 0 Å². The number of amides is 1. The molecule has 1 aliphatic heterocycles. The second-order valence-corrected chi connectivity index (χ2v) is 5.23. The summed E-state index contributed by atoms with van der Waals surface area (Å²) in [4.78, 5) is 22.8. The Bertz CT molecular complexity index is 686. The molecule has 1 aromatic carbocycles. The SMILES string of the molecule is CC1CCCCO1.CNC(=O)c1cc(=O)c2ccccc2o1. The van der Waals surface area contributed by atoms with Crippen molar-refractivity contribution in [3.05, 3.63) is 46.3 Å². The van der Waals surface area contributed by atoms with E-state index < -0.39 is 5.91 Å². The van der Waals surface area contributed by atoms with Gasteiger partial charge in [0.1, 0.15) is 5.58 Å². The summed E-state index contributed by atoms with van der Waals surface area (Å²) < 4.78 is 10.6. The molecule has 0 aliphatic carbocycles. The van der Waals surface area contributed by atoms with Gasteiger partial charge in [-0.3, -0.25) is 9.59 Å². The Balaban J connectivity index is 0.000000211. The lowest BCUT2D eigenvalue weighted by molar-refractivity contribution is 0.0285. The van der Waals surface area contributed by atoms with Gasteiger partial charge < -0.3 is 14.5 Å². The molecular formula is C17H21NO4. The largest absolute Gasteiger partial charge is 0.451 e. The van der Waals surface area contributed by atoms with E-state index in [1.165, 1.54) is 32.4 Å². The van der Waals surface area contributed by atoms with Crippen LogP contribution in [-0.4, -0.2) is 25.7 Å². The topological polar surface area (TPSA) is 68.5 Å². The van der Waals surface area contributed by atoms with Gasteiger partial charge in [-0.05, 0) is 38.3 Å². The minimum atomic E-state index is -0.405. The van der Waals surface area contributed by atoms with E-state index in [4.69, 9.17) is 9.15 Å². The molecule has 1 aromatic heterocycles. The molecule has 22 heavy (non-hydrogen) atoms. The first-order valence-electron chi connectivity index (χ1n) is 7.48. The lowest BCUT2D eigenvalue weighted by Gasteiger charge is -2.17. The van der Waals surface area contributed by atoms with E-state index in [9.17, 15) is 9.59 Å². The van der Waals surface area contributed by atoms with Crippen molar-refractivity contribution in [1.29, 1.82) is 0 Å². The van der Waals surface area contributed by atoms with Gasteiger partial charge >= 0.3 is 0 Å². The van der Waals surface area contributed by atoms with E-state index in [1.807, 2.05) is 0 Å². The summed E-state index contributed by atoms with van der Waals surface area (Å²) in [5.74, 6) is -0.376. The maximum atomic E-state index is 11.6. The molecule has 1 amide bonds. The number of carbonyl (C=O) groups is 1. The number of rotatable bonds is 1. The summed E-state index contributed by atoms with van der Waals surface area (Å²) in [6.45, 7) is 3.13. The zero-order valence-corrected chi connectivity index (χ0v) is 12.9. The molecule has 1 aliphatic rings. The maximum absolute atomic E-state index is 11.6.